The van der Waals surface area contributed by atoms with Crippen LogP contribution in [0.15, 0.2) is 39.9 Å². The number of amides is 1. The van der Waals surface area contributed by atoms with E-state index in [4.69, 9.17) is 4.74 Å². The van der Waals surface area contributed by atoms with E-state index in [9.17, 15) is 23.1 Å². The average Bonchev–Trinajstić information content (AvgIpc) is 3.21. The molecule has 1 unspecified atom stereocenters. The van der Waals surface area contributed by atoms with Crippen LogP contribution in [0.1, 0.15) is 30.1 Å². The van der Waals surface area contributed by atoms with E-state index in [-0.39, 0.29) is 21.4 Å². The molecule has 2 aromatic rings. The number of likely N-dealkylation sites (tertiary alicyclic amines) is 1. The number of esters is 1. The summed E-state index contributed by atoms with van der Waals surface area (Å²) >= 11 is 1.06. The molecule has 3 rings (SSSR count). The highest BCUT2D eigenvalue weighted by Crippen LogP contribution is 2.26. The third-order valence-corrected chi connectivity index (χ3v) is 7.35. The number of hydrogen-bond acceptors (Lipinski definition) is 7. The topological polar surface area (TPSA) is 113 Å². The van der Waals surface area contributed by atoms with Crippen molar-refractivity contribution in [3.05, 3.63) is 41.3 Å². The number of hydrogen-bond donors (Lipinski definition) is 2. The number of carbonyl (C=O) groups is 2. The Balaban J connectivity index is 1.61. The summed E-state index contributed by atoms with van der Waals surface area (Å²) in [5, 5.41) is 11.7. The fraction of sp³-hybridized carbons (Fsp3) is 0.368. The van der Waals surface area contributed by atoms with Gasteiger partial charge in [0, 0.05) is 19.2 Å². The van der Waals surface area contributed by atoms with Crippen LogP contribution >= 0.6 is 11.3 Å². The monoisotopic (exact) mass is 438 g/mol. The minimum atomic E-state index is -3.77. The first-order valence-corrected chi connectivity index (χ1v) is 11.5. The van der Waals surface area contributed by atoms with Crippen molar-refractivity contribution in [1.82, 2.24) is 4.90 Å². The van der Waals surface area contributed by atoms with Gasteiger partial charge in [-0.25, -0.2) is 13.2 Å². The van der Waals surface area contributed by atoms with Gasteiger partial charge in [0.25, 0.3) is 15.9 Å². The lowest BCUT2D eigenvalue weighted by atomic mass is 10.0. The Morgan fingerprint density at radius 1 is 1.34 bits per heavy atom. The van der Waals surface area contributed by atoms with Gasteiger partial charge in [-0.15, -0.1) is 11.3 Å². The van der Waals surface area contributed by atoms with Crippen LogP contribution in [0, 0.1) is 5.92 Å². The third-order valence-electron chi connectivity index (χ3n) is 4.57. The normalized spacial score (nSPS) is 17.0. The highest BCUT2D eigenvalue weighted by Gasteiger charge is 2.23. The lowest BCUT2D eigenvalue weighted by Crippen LogP contribution is -2.41. The first kappa shape index (κ1) is 21.1. The number of nitrogens with one attached hydrogen (secondary N) is 1. The molecule has 0 bridgehead atoms. The predicted octanol–water partition coefficient (Wildman–Crippen LogP) is 2.67. The molecule has 1 aliphatic heterocycles. The van der Waals surface area contributed by atoms with Gasteiger partial charge in [-0.3, -0.25) is 9.52 Å². The molecule has 0 saturated carbocycles. The second-order valence-corrected chi connectivity index (χ2v) is 9.79. The number of thiophene rings is 1. The first-order chi connectivity index (χ1) is 13.8. The Labute approximate surface area is 173 Å². The average molecular weight is 439 g/mol. The molecule has 2 heterocycles. The maximum absolute atomic E-state index is 12.2. The third kappa shape index (κ3) is 5.27. The largest absolute Gasteiger partial charge is 0.507 e. The number of piperidine rings is 1. The molecule has 0 aliphatic carbocycles. The number of aromatic hydroxyl groups is 1. The molecule has 1 atom stereocenters. The molecule has 2 N–H and O–H groups in total. The minimum Gasteiger partial charge on any atom is -0.507 e. The number of nitrogens with zero attached hydrogens (tertiary/aromatic N) is 1. The number of phenols is 1. The number of rotatable bonds is 6. The van der Waals surface area contributed by atoms with E-state index in [0.717, 1.165) is 30.2 Å². The molecule has 1 saturated heterocycles. The molecule has 10 heteroatoms. The van der Waals surface area contributed by atoms with Crippen molar-refractivity contribution in [2.75, 3.05) is 24.4 Å². The standard InChI is InChI=1S/C19H22N2O6S2/c1-13-4-2-8-21(11-13)17(23)12-27-19(24)15-7-6-14(10-16(15)22)20-29(25,26)18-5-3-9-28-18/h3,5-7,9-10,13,20,22H,2,4,8,11-12H2,1H3. The molecule has 1 aliphatic rings. The summed E-state index contributed by atoms with van der Waals surface area (Å²) in [5.74, 6) is -1.16. The van der Waals surface area contributed by atoms with Crippen LogP contribution < -0.4 is 4.72 Å². The van der Waals surface area contributed by atoms with Crippen LogP contribution in [0.2, 0.25) is 0 Å². The van der Waals surface area contributed by atoms with Gasteiger partial charge in [-0.1, -0.05) is 13.0 Å². The predicted molar refractivity (Wildman–Crippen MR) is 108 cm³/mol. The van der Waals surface area contributed by atoms with Crippen molar-refractivity contribution in [2.45, 2.75) is 24.0 Å². The van der Waals surface area contributed by atoms with Crippen molar-refractivity contribution >= 4 is 38.9 Å². The summed E-state index contributed by atoms with van der Waals surface area (Å²) < 4.78 is 32.0. The molecule has 0 radical (unpaired) electrons. The van der Waals surface area contributed by atoms with Gasteiger partial charge in [-0.05, 0) is 42.3 Å². The molecular formula is C19H22N2O6S2. The van der Waals surface area contributed by atoms with Crippen molar-refractivity contribution in [3.8, 4) is 5.75 Å². The van der Waals surface area contributed by atoms with Crippen molar-refractivity contribution in [3.63, 3.8) is 0 Å². The summed E-state index contributed by atoms with van der Waals surface area (Å²) in [6, 6.07) is 6.78. The Hall–Kier alpha value is -2.59. The fourth-order valence-corrected chi connectivity index (χ4v) is 5.14. The van der Waals surface area contributed by atoms with Crippen molar-refractivity contribution in [1.29, 1.82) is 0 Å². The van der Waals surface area contributed by atoms with E-state index in [0.29, 0.717) is 19.0 Å². The first-order valence-electron chi connectivity index (χ1n) is 9.10. The number of benzene rings is 1. The molecule has 29 heavy (non-hydrogen) atoms. The molecule has 1 fully saturated rings. The van der Waals surface area contributed by atoms with Gasteiger partial charge in [-0.2, -0.15) is 0 Å². The van der Waals surface area contributed by atoms with Gasteiger partial charge < -0.3 is 14.7 Å². The lowest BCUT2D eigenvalue weighted by molar-refractivity contribution is -0.136. The van der Waals surface area contributed by atoms with Gasteiger partial charge in [0.1, 0.15) is 15.5 Å². The summed E-state index contributed by atoms with van der Waals surface area (Å²) in [7, 11) is -3.77. The minimum absolute atomic E-state index is 0.103. The van der Waals surface area contributed by atoms with Crippen LogP contribution in [0.4, 0.5) is 5.69 Å². The Morgan fingerprint density at radius 2 is 2.14 bits per heavy atom. The van der Waals surface area contributed by atoms with Gasteiger partial charge in [0.05, 0.1) is 5.69 Å². The maximum Gasteiger partial charge on any atom is 0.342 e. The van der Waals surface area contributed by atoms with E-state index in [2.05, 4.69) is 11.6 Å². The van der Waals surface area contributed by atoms with Crippen molar-refractivity contribution < 1.29 is 27.9 Å². The van der Waals surface area contributed by atoms with E-state index >= 15 is 0 Å². The molecule has 8 nitrogen and oxygen atoms in total. The Kier molecular flexibility index (Phi) is 6.43. The van der Waals surface area contributed by atoms with Crippen LogP contribution in [0.5, 0.6) is 5.75 Å². The lowest BCUT2D eigenvalue weighted by Gasteiger charge is -2.30. The zero-order valence-electron chi connectivity index (χ0n) is 15.8. The number of carbonyl (C=O) groups excluding carboxylic acids is 2. The van der Waals surface area contributed by atoms with Crippen LogP contribution in [0.25, 0.3) is 0 Å². The van der Waals surface area contributed by atoms with Crippen LogP contribution in [0.3, 0.4) is 0 Å². The van der Waals surface area contributed by atoms with E-state index in [1.54, 1.807) is 16.3 Å². The number of sulfonamides is 1. The maximum atomic E-state index is 12.2. The fourth-order valence-electron chi connectivity index (χ4n) is 3.10. The second-order valence-electron chi connectivity index (χ2n) is 6.93. The summed E-state index contributed by atoms with van der Waals surface area (Å²) in [6.07, 6.45) is 1.99. The van der Waals surface area contributed by atoms with E-state index in [1.165, 1.54) is 18.2 Å². The van der Waals surface area contributed by atoms with Crippen LogP contribution in [-0.4, -0.2) is 50.0 Å². The van der Waals surface area contributed by atoms with Gasteiger partial charge in [0.2, 0.25) is 0 Å². The Bertz CT molecular complexity index is 988. The van der Waals surface area contributed by atoms with Crippen molar-refractivity contribution in [2.24, 2.45) is 5.92 Å². The molecule has 0 spiro atoms. The highest BCUT2D eigenvalue weighted by molar-refractivity contribution is 7.94. The number of phenolic OH excluding ortho intramolecular Hbond substituents is 1. The second kappa shape index (κ2) is 8.83. The molecule has 156 valence electrons. The van der Waals surface area contributed by atoms with Gasteiger partial charge >= 0.3 is 5.97 Å². The zero-order chi connectivity index (χ0) is 21.0. The van der Waals surface area contributed by atoms with E-state index < -0.39 is 28.3 Å². The number of anilines is 1. The summed E-state index contributed by atoms with van der Waals surface area (Å²) in [6.45, 7) is 2.95. The smallest absolute Gasteiger partial charge is 0.342 e. The quantitative estimate of drug-likeness (QED) is 0.671. The van der Waals surface area contributed by atoms with E-state index in [1.807, 2.05) is 0 Å². The van der Waals surface area contributed by atoms with Crippen LogP contribution in [-0.2, 0) is 19.6 Å². The SMILES string of the molecule is CC1CCCN(C(=O)COC(=O)c2ccc(NS(=O)(=O)c3cccs3)cc2O)C1. The molecule has 1 amide bonds. The summed E-state index contributed by atoms with van der Waals surface area (Å²) in [4.78, 5) is 26.1. The molecular weight excluding hydrogens is 416 g/mol. The van der Waals surface area contributed by atoms with Gasteiger partial charge in [0.15, 0.2) is 6.61 Å². The summed E-state index contributed by atoms with van der Waals surface area (Å²) in [5.41, 5.74) is -0.0466. The Morgan fingerprint density at radius 3 is 2.79 bits per heavy atom. The highest BCUT2D eigenvalue weighted by atomic mass is 32.2. The molecule has 1 aromatic heterocycles. The molecule has 1 aromatic carbocycles. The number of ether oxygens (including phenoxy) is 1. The zero-order valence-corrected chi connectivity index (χ0v) is 17.5.